The van der Waals surface area contributed by atoms with Gasteiger partial charge in [0.05, 0.1) is 13.7 Å². The van der Waals surface area contributed by atoms with E-state index in [4.69, 9.17) is 14.6 Å². The fourth-order valence-corrected chi connectivity index (χ4v) is 3.22. The highest BCUT2D eigenvalue weighted by Gasteiger charge is 2.23. The van der Waals surface area contributed by atoms with Crippen LogP contribution in [-0.4, -0.2) is 50.0 Å². The summed E-state index contributed by atoms with van der Waals surface area (Å²) < 4.78 is 10.8. The zero-order valence-corrected chi connectivity index (χ0v) is 14.6. The fraction of sp³-hybridized carbons (Fsp3) is 0.400. The second-order valence-corrected chi connectivity index (χ2v) is 6.18. The third kappa shape index (κ3) is 4.72. The van der Waals surface area contributed by atoms with Crippen molar-refractivity contribution < 1.29 is 14.6 Å². The van der Waals surface area contributed by atoms with Crippen LogP contribution in [0.15, 0.2) is 48.5 Å². The number of rotatable bonds is 7. The standard InChI is InChI=1S/C20H26N2O3/c1-24-18-7-5-17(6-8-18)20-14-21-9-10-22(20)15-16-3-2-4-19(13-16)25-12-11-23/h2-8,13,20-21,23H,9-12,14-15H2,1H3/t20-/m0/s1. The summed E-state index contributed by atoms with van der Waals surface area (Å²) in [4.78, 5) is 2.49. The van der Waals surface area contributed by atoms with Gasteiger partial charge in [0.15, 0.2) is 0 Å². The Bertz CT molecular complexity index is 660. The molecule has 0 unspecified atom stereocenters. The minimum atomic E-state index is 0.0293. The van der Waals surface area contributed by atoms with Crippen LogP contribution in [-0.2, 0) is 6.54 Å². The van der Waals surface area contributed by atoms with Gasteiger partial charge in [-0.1, -0.05) is 24.3 Å². The summed E-state index contributed by atoms with van der Waals surface area (Å²) in [5.74, 6) is 1.69. The maximum absolute atomic E-state index is 8.91. The van der Waals surface area contributed by atoms with Crippen LogP contribution in [0, 0.1) is 0 Å². The zero-order chi connectivity index (χ0) is 17.5. The monoisotopic (exact) mass is 342 g/mol. The molecule has 0 aliphatic carbocycles. The molecule has 0 radical (unpaired) electrons. The molecule has 1 fully saturated rings. The smallest absolute Gasteiger partial charge is 0.119 e. The van der Waals surface area contributed by atoms with Crippen molar-refractivity contribution in [3.8, 4) is 11.5 Å². The summed E-state index contributed by atoms with van der Waals surface area (Å²) in [7, 11) is 1.69. The Morgan fingerprint density at radius 3 is 2.76 bits per heavy atom. The lowest BCUT2D eigenvalue weighted by Gasteiger charge is -2.36. The Morgan fingerprint density at radius 1 is 1.16 bits per heavy atom. The second-order valence-electron chi connectivity index (χ2n) is 6.18. The highest BCUT2D eigenvalue weighted by Crippen LogP contribution is 2.26. The van der Waals surface area contributed by atoms with Crippen LogP contribution in [0.3, 0.4) is 0 Å². The summed E-state index contributed by atoms with van der Waals surface area (Å²) in [5, 5.41) is 12.4. The van der Waals surface area contributed by atoms with Crippen LogP contribution in [0.1, 0.15) is 17.2 Å². The van der Waals surface area contributed by atoms with Crippen molar-refractivity contribution in [2.75, 3.05) is 40.0 Å². The maximum Gasteiger partial charge on any atom is 0.119 e. The molecule has 1 saturated heterocycles. The first-order chi connectivity index (χ1) is 12.3. The van der Waals surface area contributed by atoms with Crippen LogP contribution in [0.2, 0.25) is 0 Å². The van der Waals surface area contributed by atoms with E-state index in [9.17, 15) is 0 Å². The Kier molecular flexibility index (Phi) is 6.28. The van der Waals surface area contributed by atoms with Crippen molar-refractivity contribution in [2.24, 2.45) is 0 Å². The number of piperazine rings is 1. The number of ether oxygens (including phenoxy) is 2. The molecule has 2 N–H and O–H groups in total. The SMILES string of the molecule is COc1ccc([C@@H]2CNCCN2Cc2cccc(OCCO)c2)cc1. The van der Waals surface area contributed by atoms with Gasteiger partial charge in [-0.2, -0.15) is 0 Å². The van der Waals surface area contributed by atoms with Crippen LogP contribution in [0.5, 0.6) is 11.5 Å². The van der Waals surface area contributed by atoms with E-state index in [1.165, 1.54) is 11.1 Å². The van der Waals surface area contributed by atoms with Gasteiger partial charge in [0.25, 0.3) is 0 Å². The molecular weight excluding hydrogens is 316 g/mol. The summed E-state index contributed by atoms with van der Waals surface area (Å²) in [5.41, 5.74) is 2.51. The molecule has 2 aromatic carbocycles. The zero-order valence-electron chi connectivity index (χ0n) is 14.6. The number of aliphatic hydroxyl groups excluding tert-OH is 1. The highest BCUT2D eigenvalue weighted by atomic mass is 16.5. The normalized spacial score (nSPS) is 18.1. The fourth-order valence-electron chi connectivity index (χ4n) is 3.22. The van der Waals surface area contributed by atoms with Gasteiger partial charge in [0, 0.05) is 32.2 Å². The molecule has 0 amide bonds. The van der Waals surface area contributed by atoms with Crippen molar-refractivity contribution in [1.29, 1.82) is 0 Å². The molecule has 0 bridgehead atoms. The molecular formula is C20H26N2O3. The van der Waals surface area contributed by atoms with Gasteiger partial charge < -0.3 is 19.9 Å². The number of hydrogen-bond acceptors (Lipinski definition) is 5. The number of aliphatic hydroxyl groups is 1. The topological polar surface area (TPSA) is 54.0 Å². The first-order valence-corrected chi connectivity index (χ1v) is 8.71. The molecule has 0 spiro atoms. The van der Waals surface area contributed by atoms with Gasteiger partial charge in [-0.25, -0.2) is 0 Å². The Balaban J connectivity index is 1.72. The van der Waals surface area contributed by atoms with Crippen molar-refractivity contribution in [3.05, 3.63) is 59.7 Å². The van der Waals surface area contributed by atoms with E-state index in [-0.39, 0.29) is 6.61 Å². The van der Waals surface area contributed by atoms with E-state index < -0.39 is 0 Å². The first-order valence-electron chi connectivity index (χ1n) is 8.71. The molecule has 1 aliphatic heterocycles. The van der Waals surface area contributed by atoms with Crippen LogP contribution >= 0.6 is 0 Å². The molecule has 0 aromatic heterocycles. The Labute approximate surface area is 149 Å². The van der Waals surface area contributed by atoms with Crippen molar-refractivity contribution >= 4 is 0 Å². The average molecular weight is 342 g/mol. The molecule has 1 aliphatic rings. The van der Waals surface area contributed by atoms with Gasteiger partial charge in [0.1, 0.15) is 18.1 Å². The lowest BCUT2D eigenvalue weighted by molar-refractivity contribution is 0.153. The maximum atomic E-state index is 8.91. The van der Waals surface area contributed by atoms with Crippen molar-refractivity contribution in [2.45, 2.75) is 12.6 Å². The lowest BCUT2D eigenvalue weighted by atomic mass is 10.0. The third-order valence-corrected chi connectivity index (χ3v) is 4.50. The molecule has 5 nitrogen and oxygen atoms in total. The summed E-state index contributed by atoms with van der Waals surface area (Å²) in [6, 6.07) is 16.8. The van der Waals surface area contributed by atoms with E-state index >= 15 is 0 Å². The number of nitrogens with zero attached hydrogens (tertiary/aromatic N) is 1. The van der Waals surface area contributed by atoms with Crippen molar-refractivity contribution in [3.63, 3.8) is 0 Å². The molecule has 134 valence electrons. The Hall–Kier alpha value is -2.08. The van der Waals surface area contributed by atoms with Gasteiger partial charge in [-0.15, -0.1) is 0 Å². The van der Waals surface area contributed by atoms with E-state index in [2.05, 4.69) is 34.5 Å². The predicted molar refractivity (Wildman–Crippen MR) is 98.0 cm³/mol. The second kappa shape index (κ2) is 8.85. The van der Waals surface area contributed by atoms with E-state index in [0.717, 1.165) is 37.7 Å². The van der Waals surface area contributed by atoms with Gasteiger partial charge >= 0.3 is 0 Å². The number of benzene rings is 2. The molecule has 3 rings (SSSR count). The first kappa shape index (κ1) is 17.7. The largest absolute Gasteiger partial charge is 0.497 e. The summed E-state index contributed by atoms with van der Waals surface area (Å²) in [6.45, 7) is 4.15. The molecule has 25 heavy (non-hydrogen) atoms. The van der Waals surface area contributed by atoms with E-state index in [1.54, 1.807) is 7.11 Å². The molecule has 1 heterocycles. The van der Waals surface area contributed by atoms with E-state index in [1.807, 2.05) is 24.3 Å². The molecule has 5 heteroatoms. The molecule has 1 atom stereocenters. The van der Waals surface area contributed by atoms with E-state index in [0.29, 0.717) is 12.6 Å². The predicted octanol–water partition coefficient (Wildman–Crippen LogP) is 2.21. The third-order valence-electron chi connectivity index (χ3n) is 4.50. The highest BCUT2D eigenvalue weighted by molar-refractivity contribution is 5.31. The minimum absolute atomic E-state index is 0.0293. The summed E-state index contributed by atoms with van der Waals surface area (Å²) in [6.07, 6.45) is 0. The molecule has 2 aromatic rings. The van der Waals surface area contributed by atoms with Crippen molar-refractivity contribution in [1.82, 2.24) is 10.2 Å². The van der Waals surface area contributed by atoms with Crippen LogP contribution < -0.4 is 14.8 Å². The van der Waals surface area contributed by atoms with Crippen LogP contribution in [0.25, 0.3) is 0 Å². The lowest BCUT2D eigenvalue weighted by Crippen LogP contribution is -2.45. The van der Waals surface area contributed by atoms with Gasteiger partial charge in [-0.05, 0) is 35.4 Å². The average Bonchev–Trinajstić information content (AvgIpc) is 2.67. The van der Waals surface area contributed by atoms with Gasteiger partial charge in [0.2, 0.25) is 0 Å². The number of methoxy groups -OCH3 is 1. The summed E-state index contributed by atoms with van der Waals surface area (Å²) >= 11 is 0. The quantitative estimate of drug-likeness (QED) is 0.808. The van der Waals surface area contributed by atoms with Gasteiger partial charge in [-0.3, -0.25) is 4.90 Å². The number of hydrogen-bond donors (Lipinski definition) is 2. The Morgan fingerprint density at radius 2 is 2.00 bits per heavy atom. The van der Waals surface area contributed by atoms with Crippen LogP contribution in [0.4, 0.5) is 0 Å². The minimum Gasteiger partial charge on any atom is -0.497 e. The molecule has 0 saturated carbocycles. The number of nitrogens with one attached hydrogen (secondary N) is 1.